The number of benzene rings is 2. The highest BCUT2D eigenvalue weighted by Crippen LogP contribution is 2.22. The lowest BCUT2D eigenvalue weighted by Crippen LogP contribution is -2.33. The molecule has 1 N–H and O–H groups in total. The van der Waals surface area contributed by atoms with Crippen molar-refractivity contribution in [1.29, 1.82) is 0 Å². The first-order valence-electron chi connectivity index (χ1n) is 7.39. The second-order valence-corrected chi connectivity index (χ2v) is 6.49. The lowest BCUT2D eigenvalue weighted by atomic mass is 10.2. The number of thioether (sulfide) groups is 1. The molecule has 6 heteroatoms. The quantitative estimate of drug-likeness (QED) is 0.474. The van der Waals surface area contributed by atoms with Crippen LogP contribution in [0.4, 0.5) is 0 Å². The van der Waals surface area contributed by atoms with Gasteiger partial charge in [-0.1, -0.05) is 23.7 Å². The first kappa shape index (κ1) is 18.4. The molecule has 0 aliphatic rings. The molecule has 0 aliphatic carbocycles. The Labute approximate surface area is 151 Å². The molecule has 0 heterocycles. The summed E-state index contributed by atoms with van der Waals surface area (Å²) in [7, 11) is 0. The molecule has 1 amide bonds. The van der Waals surface area contributed by atoms with E-state index in [9.17, 15) is 4.79 Å². The summed E-state index contributed by atoms with van der Waals surface area (Å²) in [5, 5.41) is 4.60. The third-order valence-electron chi connectivity index (χ3n) is 3.31. The predicted molar refractivity (Wildman–Crippen MR) is 100 cm³/mol. The van der Waals surface area contributed by atoms with E-state index in [1.165, 1.54) is 4.90 Å². The van der Waals surface area contributed by atoms with Gasteiger partial charge in [-0.25, -0.2) is 5.43 Å². The van der Waals surface area contributed by atoms with Gasteiger partial charge in [0.1, 0.15) is 5.75 Å². The molecule has 0 radical (unpaired) electrons. The third kappa shape index (κ3) is 5.28. The van der Waals surface area contributed by atoms with Crippen molar-refractivity contribution in [3.05, 3.63) is 58.6 Å². The van der Waals surface area contributed by atoms with Crippen molar-refractivity contribution in [3.8, 4) is 5.75 Å². The minimum atomic E-state index is -0.666. The van der Waals surface area contributed by atoms with Gasteiger partial charge in [0.2, 0.25) is 0 Å². The Morgan fingerprint density at radius 2 is 2.00 bits per heavy atom. The Morgan fingerprint density at radius 3 is 2.62 bits per heavy atom. The normalized spacial score (nSPS) is 12.2. The summed E-state index contributed by atoms with van der Waals surface area (Å²) in [5.41, 5.74) is 4.27. The number of rotatable bonds is 6. The maximum Gasteiger partial charge on any atom is 0.280 e. The standard InChI is InChI=1S/C18H19ClN2O2S/c1-12-10-15(19)6-9-17(12)23-13(2)18(22)21-20-11-14-4-7-16(24-3)8-5-14/h4-11,13H,1-3H3,(H,21,22)/b20-11+. The lowest BCUT2D eigenvalue weighted by molar-refractivity contribution is -0.127. The molecule has 2 aromatic rings. The Hall–Kier alpha value is -1.98. The number of aryl methyl sites for hydroxylation is 1. The number of hydrogen-bond donors (Lipinski definition) is 1. The number of nitrogens with one attached hydrogen (secondary N) is 1. The molecule has 0 spiro atoms. The third-order valence-corrected chi connectivity index (χ3v) is 4.29. The molecule has 2 rings (SSSR count). The van der Waals surface area contributed by atoms with Gasteiger partial charge in [-0.05, 0) is 61.6 Å². The minimum absolute atomic E-state index is 0.318. The van der Waals surface area contributed by atoms with E-state index in [4.69, 9.17) is 16.3 Å². The van der Waals surface area contributed by atoms with Crippen molar-refractivity contribution in [2.24, 2.45) is 5.10 Å². The van der Waals surface area contributed by atoms with Crippen molar-refractivity contribution in [1.82, 2.24) is 5.43 Å². The van der Waals surface area contributed by atoms with Gasteiger partial charge in [0.15, 0.2) is 6.10 Å². The Bertz CT molecular complexity index is 732. The van der Waals surface area contributed by atoms with Crippen LogP contribution >= 0.6 is 23.4 Å². The van der Waals surface area contributed by atoms with Crippen LogP contribution in [0.2, 0.25) is 5.02 Å². The second-order valence-electron chi connectivity index (χ2n) is 5.18. The highest BCUT2D eigenvalue weighted by Gasteiger charge is 2.15. The average molecular weight is 363 g/mol. The second kappa shape index (κ2) is 8.76. The van der Waals surface area contributed by atoms with E-state index >= 15 is 0 Å². The molecule has 1 atom stereocenters. The van der Waals surface area contributed by atoms with Crippen LogP contribution in [-0.2, 0) is 4.79 Å². The molecule has 0 saturated carbocycles. The number of ether oxygens (including phenoxy) is 1. The highest BCUT2D eigenvalue weighted by atomic mass is 35.5. The van der Waals surface area contributed by atoms with Crippen LogP contribution in [0.15, 0.2) is 52.5 Å². The average Bonchev–Trinajstić information content (AvgIpc) is 2.57. The van der Waals surface area contributed by atoms with Gasteiger partial charge in [0.05, 0.1) is 6.21 Å². The van der Waals surface area contributed by atoms with E-state index in [0.717, 1.165) is 11.1 Å². The van der Waals surface area contributed by atoms with E-state index in [2.05, 4.69) is 10.5 Å². The smallest absolute Gasteiger partial charge is 0.280 e. The summed E-state index contributed by atoms with van der Waals surface area (Å²) in [6.45, 7) is 3.55. The number of carbonyl (C=O) groups is 1. The number of hydrazone groups is 1. The largest absolute Gasteiger partial charge is 0.481 e. The van der Waals surface area contributed by atoms with E-state index in [1.807, 2.05) is 37.4 Å². The van der Waals surface area contributed by atoms with Crippen molar-refractivity contribution < 1.29 is 9.53 Å². The number of carbonyl (C=O) groups excluding carboxylic acids is 1. The monoisotopic (exact) mass is 362 g/mol. The first-order chi connectivity index (χ1) is 11.5. The topological polar surface area (TPSA) is 50.7 Å². The fraction of sp³-hybridized carbons (Fsp3) is 0.222. The Kier molecular flexibility index (Phi) is 6.70. The van der Waals surface area contributed by atoms with Crippen LogP contribution < -0.4 is 10.2 Å². The molecular formula is C18H19ClN2O2S. The van der Waals surface area contributed by atoms with E-state index < -0.39 is 6.10 Å². The molecule has 0 aliphatic heterocycles. The van der Waals surface area contributed by atoms with Crippen LogP contribution in [0.3, 0.4) is 0 Å². The van der Waals surface area contributed by atoms with Gasteiger partial charge >= 0.3 is 0 Å². The van der Waals surface area contributed by atoms with Crippen LogP contribution in [-0.4, -0.2) is 24.5 Å². The van der Waals surface area contributed by atoms with Crippen LogP contribution in [0.5, 0.6) is 5.75 Å². The molecule has 0 saturated heterocycles. The van der Waals surface area contributed by atoms with Crippen molar-refractivity contribution in [3.63, 3.8) is 0 Å². The zero-order valence-electron chi connectivity index (χ0n) is 13.7. The summed E-state index contributed by atoms with van der Waals surface area (Å²) >= 11 is 7.58. The summed E-state index contributed by atoms with van der Waals surface area (Å²) in [4.78, 5) is 13.2. The van der Waals surface area contributed by atoms with Crippen molar-refractivity contribution in [2.75, 3.05) is 6.26 Å². The molecule has 2 aromatic carbocycles. The SMILES string of the molecule is CSc1ccc(/C=N/NC(=O)C(C)Oc2ccc(Cl)cc2C)cc1. The summed E-state index contributed by atoms with van der Waals surface area (Å²) < 4.78 is 5.65. The Morgan fingerprint density at radius 1 is 1.29 bits per heavy atom. The lowest BCUT2D eigenvalue weighted by Gasteiger charge is -2.14. The number of hydrogen-bond acceptors (Lipinski definition) is 4. The summed E-state index contributed by atoms with van der Waals surface area (Å²) in [5.74, 6) is 0.306. The summed E-state index contributed by atoms with van der Waals surface area (Å²) in [6, 6.07) is 13.2. The molecule has 0 bridgehead atoms. The van der Waals surface area contributed by atoms with Crippen molar-refractivity contribution in [2.45, 2.75) is 24.8 Å². The van der Waals surface area contributed by atoms with Crippen LogP contribution in [0.25, 0.3) is 0 Å². The first-order valence-corrected chi connectivity index (χ1v) is 8.99. The number of halogens is 1. The highest BCUT2D eigenvalue weighted by molar-refractivity contribution is 7.98. The van der Waals surface area contributed by atoms with E-state index in [0.29, 0.717) is 10.8 Å². The maximum absolute atomic E-state index is 12.0. The predicted octanol–water partition coefficient (Wildman–Crippen LogP) is 4.29. The molecule has 4 nitrogen and oxygen atoms in total. The fourth-order valence-electron chi connectivity index (χ4n) is 1.94. The minimum Gasteiger partial charge on any atom is -0.481 e. The molecule has 1 unspecified atom stereocenters. The van der Waals surface area contributed by atoms with Gasteiger partial charge in [-0.2, -0.15) is 5.10 Å². The van der Waals surface area contributed by atoms with Gasteiger partial charge < -0.3 is 4.74 Å². The van der Waals surface area contributed by atoms with E-state index in [1.54, 1.807) is 43.1 Å². The van der Waals surface area contributed by atoms with Gasteiger partial charge in [-0.15, -0.1) is 11.8 Å². The Balaban J connectivity index is 1.89. The maximum atomic E-state index is 12.0. The van der Waals surface area contributed by atoms with Gasteiger partial charge in [0, 0.05) is 9.92 Å². The zero-order valence-corrected chi connectivity index (χ0v) is 15.3. The van der Waals surface area contributed by atoms with E-state index in [-0.39, 0.29) is 5.91 Å². The molecular weight excluding hydrogens is 344 g/mol. The van der Waals surface area contributed by atoms with Crippen LogP contribution in [0, 0.1) is 6.92 Å². The molecule has 126 valence electrons. The fourth-order valence-corrected chi connectivity index (χ4v) is 2.58. The molecule has 24 heavy (non-hydrogen) atoms. The number of nitrogens with zero attached hydrogens (tertiary/aromatic N) is 1. The van der Waals surface area contributed by atoms with Crippen molar-refractivity contribution >= 4 is 35.5 Å². The van der Waals surface area contributed by atoms with Crippen LogP contribution in [0.1, 0.15) is 18.1 Å². The number of amides is 1. The molecule has 0 fully saturated rings. The zero-order chi connectivity index (χ0) is 17.5. The van der Waals surface area contributed by atoms with Gasteiger partial charge in [0.25, 0.3) is 5.91 Å². The molecule has 0 aromatic heterocycles. The van der Waals surface area contributed by atoms with Gasteiger partial charge in [-0.3, -0.25) is 4.79 Å². The summed E-state index contributed by atoms with van der Waals surface area (Å²) in [6.07, 6.45) is 2.95.